The van der Waals surface area contributed by atoms with Gasteiger partial charge in [0.2, 0.25) is 0 Å². The second-order valence-corrected chi connectivity index (χ2v) is 6.78. The summed E-state index contributed by atoms with van der Waals surface area (Å²) in [4.78, 5) is 23.9. The molecule has 8 heteroatoms. The van der Waals surface area contributed by atoms with E-state index in [1.54, 1.807) is 24.3 Å². The smallest absolute Gasteiger partial charge is 0.269 e. The predicted octanol–water partition coefficient (Wildman–Crippen LogP) is 2.78. The molecule has 2 aromatic rings. The van der Waals surface area contributed by atoms with Gasteiger partial charge >= 0.3 is 0 Å². The molecule has 0 atom stereocenters. The maximum atomic E-state index is 12.0. The first-order valence-corrected chi connectivity index (χ1v) is 8.91. The van der Waals surface area contributed by atoms with Gasteiger partial charge in [-0.3, -0.25) is 25.8 Å². The number of rotatable bonds is 4. The van der Waals surface area contributed by atoms with Crippen LogP contribution < -0.4 is 20.9 Å². The minimum Gasteiger partial charge on any atom is -0.484 e. The Morgan fingerprint density at radius 1 is 1.08 bits per heavy atom. The van der Waals surface area contributed by atoms with E-state index >= 15 is 0 Å². The lowest BCUT2D eigenvalue weighted by Crippen LogP contribution is -2.49. The van der Waals surface area contributed by atoms with Crippen LogP contribution >= 0.6 is 28.1 Å². The van der Waals surface area contributed by atoms with Gasteiger partial charge in [-0.2, -0.15) is 0 Å². The summed E-state index contributed by atoms with van der Waals surface area (Å²) < 4.78 is 6.18. The van der Waals surface area contributed by atoms with Crippen LogP contribution in [0.4, 0.5) is 0 Å². The van der Waals surface area contributed by atoms with Gasteiger partial charge in [0.25, 0.3) is 11.8 Å². The Morgan fingerprint density at radius 2 is 1.77 bits per heavy atom. The van der Waals surface area contributed by atoms with Gasteiger partial charge in [-0.1, -0.05) is 39.7 Å². The molecule has 3 N–H and O–H groups in total. The highest BCUT2D eigenvalue weighted by Crippen LogP contribution is 2.17. The second kappa shape index (κ2) is 9.30. The molecule has 2 rings (SSSR count). The van der Waals surface area contributed by atoms with Crippen LogP contribution in [0.2, 0.25) is 0 Å². The summed E-state index contributed by atoms with van der Waals surface area (Å²) in [6, 6.07) is 12.5. The molecular weight excluding hydrogens is 418 g/mol. The average Bonchev–Trinajstić information content (AvgIpc) is 2.61. The van der Waals surface area contributed by atoms with Crippen LogP contribution in [0, 0.1) is 13.8 Å². The summed E-state index contributed by atoms with van der Waals surface area (Å²) >= 11 is 8.34. The Kier molecular flexibility index (Phi) is 7.11. The van der Waals surface area contributed by atoms with Crippen molar-refractivity contribution in [2.45, 2.75) is 13.8 Å². The summed E-state index contributed by atoms with van der Waals surface area (Å²) in [5.41, 5.74) is 7.48. The first kappa shape index (κ1) is 19.9. The van der Waals surface area contributed by atoms with Crippen molar-refractivity contribution in [3.63, 3.8) is 0 Å². The van der Waals surface area contributed by atoms with Crippen LogP contribution in [0.3, 0.4) is 0 Å². The van der Waals surface area contributed by atoms with Crippen molar-refractivity contribution in [2.75, 3.05) is 6.61 Å². The van der Waals surface area contributed by atoms with Gasteiger partial charge in [0.15, 0.2) is 11.7 Å². The molecule has 0 heterocycles. The molecule has 0 spiro atoms. The van der Waals surface area contributed by atoms with Gasteiger partial charge in [-0.05, 0) is 55.9 Å². The summed E-state index contributed by atoms with van der Waals surface area (Å²) in [6.07, 6.45) is 0. The van der Waals surface area contributed by atoms with E-state index < -0.39 is 5.91 Å². The van der Waals surface area contributed by atoms with Gasteiger partial charge in [-0.15, -0.1) is 0 Å². The highest BCUT2D eigenvalue weighted by Gasteiger charge is 2.09. The largest absolute Gasteiger partial charge is 0.484 e. The van der Waals surface area contributed by atoms with E-state index in [1.807, 2.05) is 32.0 Å². The molecule has 0 saturated carbocycles. The van der Waals surface area contributed by atoms with Crippen LogP contribution in [0.5, 0.6) is 5.75 Å². The van der Waals surface area contributed by atoms with Crippen LogP contribution in [-0.4, -0.2) is 23.5 Å². The lowest BCUT2D eigenvalue weighted by molar-refractivity contribution is -0.121. The number of thiocarbonyl (C=S) groups is 1. The molecule has 6 nitrogen and oxygen atoms in total. The fraction of sp³-hybridized carbons (Fsp3) is 0.167. The fourth-order valence-electron chi connectivity index (χ4n) is 1.90. The number of amides is 2. The zero-order valence-electron chi connectivity index (χ0n) is 14.3. The van der Waals surface area contributed by atoms with Crippen molar-refractivity contribution >= 4 is 45.1 Å². The van der Waals surface area contributed by atoms with E-state index in [2.05, 4.69) is 32.1 Å². The van der Waals surface area contributed by atoms with Gasteiger partial charge in [0, 0.05) is 10.0 Å². The molecule has 2 amide bonds. The third-order valence-electron chi connectivity index (χ3n) is 3.37. The number of nitrogens with one attached hydrogen (secondary N) is 3. The highest BCUT2D eigenvalue weighted by atomic mass is 79.9. The van der Waals surface area contributed by atoms with E-state index in [9.17, 15) is 9.59 Å². The molecule has 0 saturated heterocycles. The lowest BCUT2D eigenvalue weighted by atomic mass is 10.1. The van der Waals surface area contributed by atoms with Crippen LogP contribution in [0.1, 0.15) is 21.5 Å². The molecule has 136 valence electrons. The molecular formula is C18H18BrN3O3S. The molecule has 0 unspecified atom stereocenters. The van der Waals surface area contributed by atoms with Gasteiger partial charge in [0.05, 0.1) is 0 Å². The molecule has 0 fully saturated rings. The Labute approximate surface area is 165 Å². The molecule has 0 bridgehead atoms. The number of aryl methyl sites for hydroxylation is 2. The molecule has 26 heavy (non-hydrogen) atoms. The topological polar surface area (TPSA) is 79.5 Å². The summed E-state index contributed by atoms with van der Waals surface area (Å²) in [5.74, 6) is -0.225. The number of hydrogen-bond donors (Lipinski definition) is 3. The minimum absolute atomic E-state index is 0.0259. The first-order chi connectivity index (χ1) is 12.3. The molecule has 0 radical (unpaired) electrons. The fourth-order valence-corrected chi connectivity index (χ4v) is 2.44. The van der Waals surface area contributed by atoms with Crippen LogP contribution in [-0.2, 0) is 4.79 Å². The van der Waals surface area contributed by atoms with Crippen molar-refractivity contribution in [3.05, 3.63) is 63.6 Å². The number of ether oxygens (including phenoxy) is 1. The Hall–Kier alpha value is -2.45. The standard InChI is InChI=1S/C18H18BrN3O3S/c1-11-3-7-14(8-4-11)25-10-16(23)20-18(26)22-21-17(24)13-6-5-12(2)15(19)9-13/h3-9H,10H2,1-2H3,(H,21,24)(H2,20,22,23,26). The van der Waals surface area contributed by atoms with Gasteiger partial charge < -0.3 is 4.74 Å². The van der Waals surface area contributed by atoms with Crippen molar-refractivity contribution in [3.8, 4) is 5.75 Å². The molecule has 0 aliphatic carbocycles. The number of hydrogen-bond acceptors (Lipinski definition) is 4. The Bertz CT molecular complexity index is 825. The molecule has 0 aliphatic heterocycles. The zero-order chi connectivity index (χ0) is 19.1. The number of carbonyl (C=O) groups excluding carboxylic acids is 2. The maximum Gasteiger partial charge on any atom is 0.269 e. The number of benzene rings is 2. The van der Waals surface area contributed by atoms with Crippen molar-refractivity contribution < 1.29 is 14.3 Å². The summed E-state index contributed by atoms with van der Waals surface area (Å²) in [5, 5.41) is 2.40. The highest BCUT2D eigenvalue weighted by molar-refractivity contribution is 9.10. The van der Waals surface area contributed by atoms with E-state index in [0.717, 1.165) is 15.6 Å². The van der Waals surface area contributed by atoms with Gasteiger partial charge in [0.1, 0.15) is 5.75 Å². The SMILES string of the molecule is Cc1ccc(OCC(=O)NC(=S)NNC(=O)c2ccc(C)c(Br)c2)cc1. The van der Waals surface area contributed by atoms with E-state index in [-0.39, 0.29) is 17.6 Å². The lowest BCUT2D eigenvalue weighted by Gasteiger charge is -2.12. The van der Waals surface area contributed by atoms with E-state index in [0.29, 0.717) is 11.3 Å². The quantitative estimate of drug-likeness (QED) is 0.508. The minimum atomic E-state index is -0.435. The summed E-state index contributed by atoms with van der Waals surface area (Å²) in [7, 11) is 0. The zero-order valence-corrected chi connectivity index (χ0v) is 16.7. The number of carbonyl (C=O) groups is 2. The van der Waals surface area contributed by atoms with Crippen molar-refractivity contribution in [1.29, 1.82) is 0 Å². The van der Waals surface area contributed by atoms with Crippen LogP contribution in [0.25, 0.3) is 0 Å². The molecule has 0 aromatic heterocycles. The number of hydrazine groups is 1. The van der Waals surface area contributed by atoms with Crippen molar-refractivity contribution in [2.24, 2.45) is 0 Å². The third kappa shape index (κ3) is 6.12. The van der Waals surface area contributed by atoms with E-state index in [4.69, 9.17) is 17.0 Å². The molecule has 2 aromatic carbocycles. The average molecular weight is 436 g/mol. The van der Waals surface area contributed by atoms with Gasteiger partial charge in [-0.25, -0.2) is 0 Å². The van der Waals surface area contributed by atoms with Crippen LogP contribution in [0.15, 0.2) is 46.9 Å². The van der Waals surface area contributed by atoms with Crippen molar-refractivity contribution in [1.82, 2.24) is 16.2 Å². The number of halogens is 1. The second-order valence-electron chi connectivity index (χ2n) is 5.52. The predicted molar refractivity (Wildman–Crippen MR) is 107 cm³/mol. The first-order valence-electron chi connectivity index (χ1n) is 7.71. The summed E-state index contributed by atoms with van der Waals surface area (Å²) in [6.45, 7) is 3.70. The van der Waals surface area contributed by atoms with E-state index in [1.165, 1.54) is 0 Å². The monoisotopic (exact) mass is 435 g/mol. The maximum absolute atomic E-state index is 12.0. The molecule has 0 aliphatic rings. The third-order valence-corrected chi connectivity index (χ3v) is 4.43. The Balaban J connectivity index is 1.75. The normalized spacial score (nSPS) is 9.96. The Morgan fingerprint density at radius 3 is 2.42 bits per heavy atom.